The Hall–Kier alpha value is -5.22. The Labute approximate surface area is 254 Å². The molecule has 0 amide bonds. The van der Waals surface area contributed by atoms with Gasteiger partial charge >= 0.3 is 0 Å². The van der Waals surface area contributed by atoms with Crippen molar-refractivity contribution in [3.8, 4) is 23.8 Å². The maximum Gasteiger partial charge on any atom is 0.194 e. The lowest BCUT2D eigenvalue weighted by molar-refractivity contribution is 0.201. The molecule has 0 atom stereocenters. The summed E-state index contributed by atoms with van der Waals surface area (Å²) in [6, 6.07) is 4.73. The molecule has 0 radical (unpaired) electrons. The lowest BCUT2D eigenvalue weighted by Crippen LogP contribution is -2.28. The van der Waals surface area contributed by atoms with E-state index >= 15 is 4.39 Å². The van der Waals surface area contributed by atoms with Gasteiger partial charge < -0.3 is 20.3 Å². The zero-order chi connectivity index (χ0) is 31.5. The highest BCUT2D eigenvalue weighted by Gasteiger charge is 2.24. The van der Waals surface area contributed by atoms with E-state index in [-0.39, 0.29) is 50.3 Å². The van der Waals surface area contributed by atoms with Crippen LogP contribution in [0.1, 0.15) is 48.7 Å². The number of allylic oxidation sites excluding steroid dienone is 1. The summed E-state index contributed by atoms with van der Waals surface area (Å²) in [4.78, 5) is 20.5. The maximum absolute atomic E-state index is 15.2. The van der Waals surface area contributed by atoms with Gasteiger partial charge in [0, 0.05) is 34.6 Å². The Bertz CT molecular complexity index is 1650. The minimum absolute atomic E-state index is 0.00553. The number of rotatable bonds is 13. The van der Waals surface area contributed by atoms with Crippen LogP contribution >= 0.6 is 0 Å². The van der Waals surface area contributed by atoms with Crippen molar-refractivity contribution in [3.63, 3.8) is 0 Å². The van der Waals surface area contributed by atoms with Gasteiger partial charge in [0.25, 0.3) is 0 Å². The van der Waals surface area contributed by atoms with Gasteiger partial charge in [0.15, 0.2) is 17.4 Å². The summed E-state index contributed by atoms with van der Waals surface area (Å²) in [7, 11) is 0. The number of halogens is 1. The summed E-state index contributed by atoms with van der Waals surface area (Å²) in [5, 5.41) is 14.0. The third-order valence-corrected chi connectivity index (χ3v) is 6.87. The number of aliphatic hydroxyl groups is 1. The number of nitrogens with zero attached hydrogens (tertiary/aromatic N) is 8. The highest BCUT2D eigenvalue weighted by molar-refractivity contribution is 6.07. The van der Waals surface area contributed by atoms with Gasteiger partial charge in [0.1, 0.15) is 18.2 Å². The third-order valence-electron chi connectivity index (χ3n) is 6.87. The molecule has 0 spiro atoms. The average molecular weight is 601 g/mol. The molecule has 2 aromatic heterocycles. The molecule has 0 unspecified atom stereocenters. The van der Waals surface area contributed by atoms with Crippen LogP contribution in [0.15, 0.2) is 52.5 Å². The maximum atomic E-state index is 15.2. The van der Waals surface area contributed by atoms with Crippen molar-refractivity contribution in [2.45, 2.75) is 39.2 Å². The van der Waals surface area contributed by atoms with E-state index in [1.54, 1.807) is 18.3 Å². The average Bonchev–Trinajstić information content (AvgIpc) is 3.52. The molecular weight excluding hydrogens is 567 g/mol. The monoisotopic (exact) mass is 600 g/mol. The van der Waals surface area contributed by atoms with E-state index in [1.807, 2.05) is 6.92 Å². The van der Waals surface area contributed by atoms with E-state index in [1.165, 1.54) is 23.5 Å². The summed E-state index contributed by atoms with van der Waals surface area (Å²) in [6.45, 7) is 2.11. The van der Waals surface area contributed by atoms with Crippen molar-refractivity contribution >= 4 is 22.9 Å². The standard InChI is InChI=1S/C30H33FN10O3/c1-3-19-14-21(43-12-10-38-40-33)15-24(31)23(19)17-36-25-7-5-6-22(25)28(32)29-37-18-27(44-13-11-42)30(39-29)41(34)26-8-9-35-16-20(26)4-2/h2,8-9,14-16,18,42H,3,5-7,10-13,17,32,34H2,1H3. The van der Waals surface area contributed by atoms with Crippen LogP contribution in [-0.2, 0) is 13.0 Å². The van der Waals surface area contributed by atoms with Crippen LogP contribution in [0.25, 0.3) is 16.1 Å². The van der Waals surface area contributed by atoms with Gasteiger partial charge in [-0.3, -0.25) is 15.0 Å². The zero-order valence-electron chi connectivity index (χ0n) is 24.3. The number of hydrogen-bond donors (Lipinski definition) is 3. The lowest BCUT2D eigenvalue weighted by atomic mass is 10.0. The van der Waals surface area contributed by atoms with Crippen molar-refractivity contribution in [2.24, 2.45) is 21.7 Å². The van der Waals surface area contributed by atoms with Crippen molar-refractivity contribution in [1.82, 2.24) is 15.0 Å². The molecule has 1 saturated carbocycles. The Morgan fingerprint density at radius 3 is 2.86 bits per heavy atom. The molecular formula is C30H33FN10O3. The predicted octanol–water partition coefficient (Wildman–Crippen LogP) is 4.12. The largest absolute Gasteiger partial charge is 0.493 e. The molecule has 5 N–H and O–H groups in total. The molecule has 1 fully saturated rings. The van der Waals surface area contributed by atoms with Crippen molar-refractivity contribution in [3.05, 3.63) is 81.1 Å². The van der Waals surface area contributed by atoms with Crippen LogP contribution < -0.4 is 26.1 Å². The van der Waals surface area contributed by atoms with E-state index in [0.717, 1.165) is 23.3 Å². The molecule has 44 heavy (non-hydrogen) atoms. The number of ether oxygens (including phenoxy) is 2. The number of hydrogen-bond acceptors (Lipinski definition) is 11. The number of nitrogens with two attached hydrogens (primary N) is 2. The fraction of sp³-hybridized carbons (Fsp3) is 0.333. The molecule has 4 rings (SSSR count). The number of anilines is 2. The molecule has 1 aromatic carbocycles. The van der Waals surface area contributed by atoms with Crippen LogP contribution in [0.3, 0.4) is 0 Å². The second-order valence-corrected chi connectivity index (χ2v) is 9.57. The fourth-order valence-electron chi connectivity index (χ4n) is 4.74. The Morgan fingerprint density at radius 2 is 2.11 bits per heavy atom. The Balaban J connectivity index is 1.65. The van der Waals surface area contributed by atoms with Gasteiger partial charge in [-0.1, -0.05) is 18.0 Å². The van der Waals surface area contributed by atoms with Crippen LogP contribution in [0.2, 0.25) is 0 Å². The van der Waals surface area contributed by atoms with Gasteiger partial charge in [-0.25, -0.2) is 20.2 Å². The minimum Gasteiger partial charge on any atom is -0.493 e. The molecule has 228 valence electrons. The number of aromatic nitrogens is 3. The van der Waals surface area contributed by atoms with Crippen LogP contribution in [0.4, 0.5) is 15.9 Å². The van der Waals surface area contributed by atoms with Gasteiger partial charge in [0.05, 0.1) is 49.4 Å². The van der Waals surface area contributed by atoms with E-state index in [4.69, 9.17) is 38.0 Å². The van der Waals surface area contributed by atoms with Gasteiger partial charge in [0.2, 0.25) is 0 Å². The first-order chi connectivity index (χ1) is 21.4. The number of aliphatic hydroxyl groups excluding tert-OH is 1. The predicted molar refractivity (Wildman–Crippen MR) is 164 cm³/mol. The van der Waals surface area contributed by atoms with Gasteiger partial charge in [-0.05, 0) is 54.5 Å². The Morgan fingerprint density at radius 1 is 1.27 bits per heavy atom. The number of benzene rings is 1. The van der Waals surface area contributed by atoms with Crippen molar-refractivity contribution in [1.29, 1.82) is 0 Å². The Kier molecular flexibility index (Phi) is 11.0. The second-order valence-electron chi connectivity index (χ2n) is 9.57. The molecule has 1 aliphatic carbocycles. The molecule has 13 nitrogen and oxygen atoms in total. The minimum atomic E-state index is -0.430. The van der Waals surface area contributed by atoms with E-state index < -0.39 is 5.82 Å². The fourth-order valence-corrected chi connectivity index (χ4v) is 4.74. The number of azide groups is 1. The second kappa shape index (κ2) is 15.3. The number of aryl methyl sites for hydroxylation is 1. The zero-order valence-corrected chi connectivity index (χ0v) is 24.3. The molecule has 2 heterocycles. The molecule has 0 aliphatic heterocycles. The number of terminal acetylenes is 1. The highest BCUT2D eigenvalue weighted by Crippen LogP contribution is 2.33. The summed E-state index contributed by atoms with van der Waals surface area (Å²) in [5.41, 5.74) is 19.0. The molecule has 0 saturated heterocycles. The smallest absolute Gasteiger partial charge is 0.194 e. The first-order valence-electron chi connectivity index (χ1n) is 14.0. The summed E-state index contributed by atoms with van der Waals surface area (Å²) >= 11 is 0. The molecule has 0 bridgehead atoms. The summed E-state index contributed by atoms with van der Waals surface area (Å²) in [6.07, 6.45) is 12.8. The SMILES string of the molecule is C#Cc1cnccc1N(N)c1nc(C(N)=C2CCCC2=NCc2c(F)cc(OCCN=[N+]=[N-])cc2CC)ncc1OCCO. The van der Waals surface area contributed by atoms with Crippen molar-refractivity contribution in [2.75, 3.05) is 31.4 Å². The number of aliphatic imine (C=N–C) groups is 1. The van der Waals surface area contributed by atoms with E-state index in [9.17, 15) is 5.11 Å². The third kappa shape index (κ3) is 7.40. The van der Waals surface area contributed by atoms with Crippen LogP contribution in [0, 0.1) is 18.2 Å². The quantitative estimate of drug-likeness (QED) is 0.0492. The van der Waals surface area contributed by atoms with Gasteiger partial charge in [-0.2, -0.15) is 0 Å². The lowest BCUT2D eigenvalue weighted by Gasteiger charge is -2.22. The van der Waals surface area contributed by atoms with Crippen LogP contribution in [-0.4, -0.2) is 52.1 Å². The van der Waals surface area contributed by atoms with Gasteiger partial charge in [-0.15, -0.1) is 6.42 Å². The number of hydrazine groups is 1. The first-order valence-corrected chi connectivity index (χ1v) is 14.0. The normalized spacial score (nSPS) is 14.6. The van der Waals surface area contributed by atoms with Crippen molar-refractivity contribution < 1.29 is 19.0 Å². The highest BCUT2D eigenvalue weighted by atomic mass is 19.1. The molecule has 14 heteroatoms. The first kappa shape index (κ1) is 31.7. The number of pyridine rings is 1. The summed E-state index contributed by atoms with van der Waals surface area (Å²) in [5.74, 6) is 9.54. The van der Waals surface area contributed by atoms with Crippen LogP contribution in [0.5, 0.6) is 11.5 Å². The topological polar surface area (TPSA) is 194 Å². The summed E-state index contributed by atoms with van der Waals surface area (Å²) < 4.78 is 26.3. The van der Waals surface area contributed by atoms with E-state index in [0.29, 0.717) is 47.5 Å². The van der Waals surface area contributed by atoms with E-state index in [2.05, 4.69) is 30.9 Å². The molecule has 3 aromatic rings. The molecule has 1 aliphatic rings.